The van der Waals surface area contributed by atoms with Gasteiger partial charge in [-0.05, 0) is 18.9 Å². The van der Waals surface area contributed by atoms with Crippen molar-refractivity contribution >= 4 is 35.0 Å². The van der Waals surface area contributed by atoms with Crippen molar-refractivity contribution in [2.24, 2.45) is 5.92 Å². The Morgan fingerprint density at radius 2 is 1.86 bits per heavy atom. The Morgan fingerprint density at radius 1 is 1.24 bits per heavy atom. The predicted molar refractivity (Wildman–Crippen MR) is 79.4 cm³/mol. The molecule has 0 aromatic carbocycles. The van der Waals surface area contributed by atoms with Crippen LogP contribution in [0.2, 0.25) is 10.3 Å². The van der Waals surface area contributed by atoms with Crippen molar-refractivity contribution in [3.05, 3.63) is 21.9 Å². The number of likely N-dealkylation sites (tertiary alicyclic amines) is 1. The lowest BCUT2D eigenvalue weighted by Crippen LogP contribution is -2.42. The van der Waals surface area contributed by atoms with Crippen LogP contribution in [0.15, 0.2) is 6.07 Å². The maximum absolute atomic E-state index is 12.4. The van der Waals surface area contributed by atoms with Crippen molar-refractivity contribution in [2.75, 3.05) is 27.2 Å². The number of carbonyl (C=O) groups excluding carboxylic acids is 2. The third-order valence-electron chi connectivity index (χ3n) is 3.52. The SMILES string of the molecule is CN(C)C(=O)C1CCN(C(=O)c2cc(Cl)nnc2Cl)CC1. The third-order valence-corrected chi connectivity index (χ3v) is 3.99. The molecule has 2 heterocycles. The number of amides is 2. The highest BCUT2D eigenvalue weighted by Gasteiger charge is 2.29. The Morgan fingerprint density at radius 3 is 2.43 bits per heavy atom. The van der Waals surface area contributed by atoms with Gasteiger partial charge < -0.3 is 9.80 Å². The van der Waals surface area contributed by atoms with Gasteiger partial charge in [0.2, 0.25) is 5.91 Å². The summed E-state index contributed by atoms with van der Waals surface area (Å²) >= 11 is 11.6. The van der Waals surface area contributed by atoms with Crippen molar-refractivity contribution in [3.8, 4) is 0 Å². The molecule has 8 heteroatoms. The number of aromatic nitrogens is 2. The molecule has 21 heavy (non-hydrogen) atoms. The molecule has 114 valence electrons. The molecule has 2 rings (SSSR count). The molecule has 0 spiro atoms. The summed E-state index contributed by atoms with van der Waals surface area (Å²) in [5, 5.41) is 7.38. The van der Waals surface area contributed by atoms with E-state index >= 15 is 0 Å². The lowest BCUT2D eigenvalue weighted by Gasteiger charge is -2.32. The second kappa shape index (κ2) is 6.58. The number of carbonyl (C=O) groups is 2. The molecule has 1 aromatic heterocycles. The minimum absolute atomic E-state index is 0.0290. The summed E-state index contributed by atoms with van der Waals surface area (Å²) < 4.78 is 0. The van der Waals surface area contributed by atoms with Gasteiger partial charge in [0.1, 0.15) is 0 Å². The molecular weight excluding hydrogens is 315 g/mol. The molecule has 0 saturated carbocycles. The highest BCUT2D eigenvalue weighted by atomic mass is 35.5. The third kappa shape index (κ3) is 3.63. The van der Waals surface area contributed by atoms with Gasteiger partial charge in [0, 0.05) is 33.1 Å². The minimum atomic E-state index is -0.229. The molecule has 0 N–H and O–H groups in total. The van der Waals surface area contributed by atoms with Gasteiger partial charge in [-0.3, -0.25) is 9.59 Å². The molecule has 1 aromatic rings. The van der Waals surface area contributed by atoms with Gasteiger partial charge in [-0.2, -0.15) is 0 Å². The molecular formula is C13H16Cl2N4O2. The molecule has 0 atom stereocenters. The van der Waals surface area contributed by atoms with Gasteiger partial charge in [-0.1, -0.05) is 23.2 Å². The first kappa shape index (κ1) is 16.0. The zero-order chi connectivity index (χ0) is 15.6. The first-order valence-corrected chi connectivity index (χ1v) is 7.35. The zero-order valence-electron chi connectivity index (χ0n) is 11.8. The fourth-order valence-electron chi connectivity index (χ4n) is 2.37. The number of hydrogen-bond acceptors (Lipinski definition) is 4. The summed E-state index contributed by atoms with van der Waals surface area (Å²) in [6.07, 6.45) is 1.29. The predicted octanol–water partition coefficient (Wildman–Crippen LogP) is 1.72. The molecule has 6 nitrogen and oxygen atoms in total. The van der Waals surface area contributed by atoms with Crippen LogP contribution in [0, 0.1) is 5.92 Å². The second-order valence-corrected chi connectivity index (χ2v) is 5.92. The molecule has 0 aliphatic carbocycles. The van der Waals surface area contributed by atoms with Gasteiger partial charge in [-0.15, -0.1) is 10.2 Å². The quantitative estimate of drug-likeness (QED) is 0.828. The van der Waals surface area contributed by atoms with E-state index in [1.807, 2.05) is 0 Å². The smallest absolute Gasteiger partial charge is 0.257 e. The van der Waals surface area contributed by atoms with Crippen LogP contribution in [0.5, 0.6) is 0 Å². The van der Waals surface area contributed by atoms with E-state index in [9.17, 15) is 9.59 Å². The van der Waals surface area contributed by atoms with Crippen molar-refractivity contribution in [2.45, 2.75) is 12.8 Å². The van der Waals surface area contributed by atoms with Gasteiger partial charge in [0.25, 0.3) is 5.91 Å². The highest BCUT2D eigenvalue weighted by Crippen LogP contribution is 2.23. The Labute approximate surface area is 133 Å². The molecule has 2 amide bonds. The molecule has 0 radical (unpaired) electrons. The number of hydrogen-bond donors (Lipinski definition) is 0. The zero-order valence-corrected chi connectivity index (χ0v) is 13.4. The van der Waals surface area contributed by atoms with E-state index in [2.05, 4.69) is 10.2 Å². The topological polar surface area (TPSA) is 66.4 Å². The Kier molecular flexibility index (Phi) is 5.00. The van der Waals surface area contributed by atoms with Crippen LogP contribution in [0.1, 0.15) is 23.2 Å². The molecule has 1 aliphatic heterocycles. The maximum atomic E-state index is 12.4. The fraction of sp³-hybridized carbons (Fsp3) is 0.538. The molecule has 1 aliphatic rings. The molecule has 1 fully saturated rings. The van der Waals surface area contributed by atoms with E-state index < -0.39 is 0 Å². The fourth-order valence-corrected chi connectivity index (χ4v) is 2.69. The summed E-state index contributed by atoms with van der Waals surface area (Å²) in [6.45, 7) is 1.03. The van der Waals surface area contributed by atoms with Gasteiger partial charge in [0.15, 0.2) is 10.3 Å². The molecule has 1 saturated heterocycles. The maximum Gasteiger partial charge on any atom is 0.257 e. The Bertz CT molecular complexity index is 557. The Hall–Kier alpha value is -1.40. The standard InChI is InChI=1S/C13H16Cl2N4O2/c1-18(2)12(20)8-3-5-19(6-4-8)13(21)9-7-10(14)16-17-11(9)15/h7-8H,3-6H2,1-2H3. The number of rotatable bonds is 2. The summed E-state index contributed by atoms with van der Waals surface area (Å²) in [5.41, 5.74) is 0.244. The van der Waals surface area contributed by atoms with E-state index in [4.69, 9.17) is 23.2 Å². The number of halogens is 2. The van der Waals surface area contributed by atoms with Gasteiger partial charge in [0.05, 0.1) is 5.56 Å². The second-order valence-electron chi connectivity index (χ2n) is 5.17. The molecule has 0 bridgehead atoms. The number of nitrogens with zero attached hydrogens (tertiary/aromatic N) is 4. The van der Waals surface area contributed by atoms with Crippen LogP contribution in [-0.4, -0.2) is 59.0 Å². The van der Waals surface area contributed by atoms with Crippen molar-refractivity contribution < 1.29 is 9.59 Å². The first-order chi connectivity index (χ1) is 9.90. The Balaban J connectivity index is 2.03. The summed E-state index contributed by atoms with van der Waals surface area (Å²) in [6, 6.07) is 1.41. The van der Waals surface area contributed by atoms with E-state index in [0.717, 1.165) is 0 Å². The van der Waals surface area contributed by atoms with Crippen LogP contribution in [0.4, 0.5) is 0 Å². The van der Waals surface area contributed by atoms with E-state index in [1.165, 1.54) is 6.07 Å². The first-order valence-electron chi connectivity index (χ1n) is 6.59. The normalized spacial score (nSPS) is 15.9. The van der Waals surface area contributed by atoms with Crippen molar-refractivity contribution in [1.29, 1.82) is 0 Å². The summed E-state index contributed by atoms with van der Waals surface area (Å²) in [5.74, 6) is -0.153. The molecule has 0 unspecified atom stereocenters. The average Bonchev–Trinajstić information content (AvgIpc) is 2.48. The van der Waals surface area contributed by atoms with Gasteiger partial charge in [-0.25, -0.2) is 0 Å². The van der Waals surface area contributed by atoms with E-state index in [0.29, 0.717) is 25.9 Å². The van der Waals surface area contributed by atoms with Crippen LogP contribution in [0.25, 0.3) is 0 Å². The monoisotopic (exact) mass is 330 g/mol. The summed E-state index contributed by atoms with van der Waals surface area (Å²) in [4.78, 5) is 27.6. The van der Waals surface area contributed by atoms with Crippen LogP contribution >= 0.6 is 23.2 Å². The number of piperidine rings is 1. The van der Waals surface area contributed by atoms with Gasteiger partial charge >= 0.3 is 0 Å². The van der Waals surface area contributed by atoms with Crippen LogP contribution in [-0.2, 0) is 4.79 Å². The summed E-state index contributed by atoms with van der Waals surface area (Å²) in [7, 11) is 3.48. The minimum Gasteiger partial charge on any atom is -0.349 e. The van der Waals surface area contributed by atoms with Crippen LogP contribution < -0.4 is 0 Å². The van der Waals surface area contributed by atoms with E-state index in [1.54, 1.807) is 23.9 Å². The highest BCUT2D eigenvalue weighted by molar-refractivity contribution is 6.34. The lowest BCUT2D eigenvalue weighted by atomic mass is 9.95. The van der Waals surface area contributed by atoms with Crippen molar-refractivity contribution in [1.82, 2.24) is 20.0 Å². The van der Waals surface area contributed by atoms with E-state index in [-0.39, 0.29) is 33.6 Å². The van der Waals surface area contributed by atoms with Crippen molar-refractivity contribution in [3.63, 3.8) is 0 Å². The largest absolute Gasteiger partial charge is 0.349 e. The van der Waals surface area contributed by atoms with Crippen LogP contribution in [0.3, 0.4) is 0 Å². The average molecular weight is 331 g/mol. The lowest BCUT2D eigenvalue weighted by molar-refractivity contribution is -0.134.